The van der Waals surface area contributed by atoms with E-state index in [9.17, 15) is 17.6 Å². The van der Waals surface area contributed by atoms with Crippen LogP contribution in [0.15, 0.2) is 146 Å². The van der Waals surface area contributed by atoms with E-state index in [2.05, 4.69) is 36.4 Å². The van der Waals surface area contributed by atoms with Crippen molar-refractivity contribution in [2.24, 2.45) is 0 Å². The van der Waals surface area contributed by atoms with E-state index in [0.717, 1.165) is 66.4 Å². The first-order valence-corrected chi connectivity index (χ1v) is 14.8. The minimum Gasteiger partial charge on any atom is -0.310 e. The lowest BCUT2D eigenvalue weighted by molar-refractivity contribution is 0.627. The van der Waals surface area contributed by atoms with E-state index in [1.165, 1.54) is 48.5 Å². The fourth-order valence-corrected chi connectivity index (χ4v) is 6.38. The van der Waals surface area contributed by atoms with Crippen LogP contribution in [0, 0.1) is 23.3 Å². The predicted octanol–water partition coefficient (Wildman–Crippen LogP) is 12.1. The van der Waals surface area contributed by atoms with E-state index in [0.29, 0.717) is 0 Å². The van der Waals surface area contributed by atoms with Gasteiger partial charge in [-0.3, -0.25) is 0 Å². The third-order valence-electron chi connectivity index (χ3n) is 8.44. The molecule has 0 aromatic heterocycles. The average Bonchev–Trinajstić information content (AvgIpc) is 3.08. The van der Waals surface area contributed by atoms with E-state index in [1.807, 2.05) is 21.9 Å². The molecule has 8 aromatic rings. The first kappa shape index (κ1) is 27.7. The second-order valence-corrected chi connectivity index (χ2v) is 11.2. The van der Waals surface area contributed by atoms with Gasteiger partial charge in [0.25, 0.3) is 0 Å². The number of hydrogen-bond acceptors (Lipinski definition) is 2. The molecule has 0 saturated carbocycles. The summed E-state index contributed by atoms with van der Waals surface area (Å²) in [6.45, 7) is 0. The quantitative estimate of drug-likeness (QED) is 0.137. The van der Waals surface area contributed by atoms with Crippen LogP contribution >= 0.6 is 0 Å². The van der Waals surface area contributed by atoms with Crippen LogP contribution in [-0.2, 0) is 0 Å². The molecule has 0 aliphatic carbocycles. The van der Waals surface area contributed by atoms with Gasteiger partial charge in [-0.25, -0.2) is 17.6 Å². The molecule has 0 N–H and O–H groups in total. The molecular weight excluding hydrogens is 584 g/mol. The SMILES string of the molecule is Fc1ccc(N(c2ccc(F)cc2)c2ccc3ccc4c(N(c5ccc(F)cc5)c5ccc(F)cc5)ccc5ccc2c3c54)cc1. The molecule has 2 nitrogen and oxygen atoms in total. The number of anilines is 6. The van der Waals surface area contributed by atoms with Crippen molar-refractivity contribution in [2.75, 3.05) is 9.80 Å². The maximum Gasteiger partial charge on any atom is 0.123 e. The molecule has 0 aliphatic rings. The van der Waals surface area contributed by atoms with E-state index >= 15 is 0 Å². The predicted molar refractivity (Wildman–Crippen MR) is 179 cm³/mol. The van der Waals surface area contributed by atoms with Gasteiger partial charge in [-0.1, -0.05) is 36.4 Å². The summed E-state index contributed by atoms with van der Waals surface area (Å²) in [5, 5.41) is 6.03. The Kier molecular flexibility index (Phi) is 6.57. The smallest absolute Gasteiger partial charge is 0.123 e. The lowest BCUT2D eigenvalue weighted by Crippen LogP contribution is -2.11. The number of nitrogens with zero attached hydrogens (tertiary/aromatic N) is 2. The fourth-order valence-electron chi connectivity index (χ4n) is 6.38. The van der Waals surface area contributed by atoms with Gasteiger partial charge in [0.05, 0.1) is 11.4 Å². The maximum atomic E-state index is 14.0. The second-order valence-electron chi connectivity index (χ2n) is 11.2. The van der Waals surface area contributed by atoms with Crippen molar-refractivity contribution in [1.29, 1.82) is 0 Å². The van der Waals surface area contributed by atoms with E-state index in [-0.39, 0.29) is 23.3 Å². The number of rotatable bonds is 6. The van der Waals surface area contributed by atoms with Crippen LogP contribution in [0.5, 0.6) is 0 Å². The number of hydrogen-bond donors (Lipinski definition) is 0. The van der Waals surface area contributed by atoms with Crippen LogP contribution in [0.2, 0.25) is 0 Å². The molecule has 0 heterocycles. The first-order valence-electron chi connectivity index (χ1n) is 14.8. The van der Waals surface area contributed by atoms with Crippen LogP contribution in [0.4, 0.5) is 51.7 Å². The fraction of sp³-hybridized carbons (Fsp3) is 0. The maximum absolute atomic E-state index is 14.0. The molecule has 6 heteroatoms. The van der Waals surface area contributed by atoms with Crippen molar-refractivity contribution >= 4 is 66.4 Å². The van der Waals surface area contributed by atoms with E-state index in [4.69, 9.17) is 0 Å². The summed E-state index contributed by atoms with van der Waals surface area (Å²) in [6.07, 6.45) is 0. The lowest BCUT2D eigenvalue weighted by atomic mass is 9.91. The summed E-state index contributed by atoms with van der Waals surface area (Å²) < 4.78 is 56.0. The van der Waals surface area contributed by atoms with Crippen molar-refractivity contribution in [3.63, 3.8) is 0 Å². The number of halogens is 4. The average molecular weight is 609 g/mol. The summed E-state index contributed by atoms with van der Waals surface area (Å²) in [7, 11) is 0. The summed E-state index contributed by atoms with van der Waals surface area (Å²) in [5.74, 6) is -1.40. The molecule has 8 rings (SSSR count). The molecule has 0 aliphatic heterocycles. The zero-order valence-electron chi connectivity index (χ0n) is 24.3. The first-order chi connectivity index (χ1) is 22.4. The lowest BCUT2D eigenvalue weighted by Gasteiger charge is -2.29. The molecule has 0 atom stereocenters. The highest BCUT2D eigenvalue weighted by Crippen LogP contribution is 2.47. The van der Waals surface area contributed by atoms with E-state index in [1.54, 1.807) is 48.5 Å². The van der Waals surface area contributed by atoms with Crippen LogP contribution in [0.25, 0.3) is 32.3 Å². The molecule has 0 fully saturated rings. The van der Waals surface area contributed by atoms with Crippen molar-refractivity contribution < 1.29 is 17.6 Å². The largest absolute Gasteiger partial charge is 0.310 e. The Morgan fingerprint density at radius 3 is 0.826 bits per heavy atom. The molecule has 0 amide bonds. The zero-order chi connectivity index (χ0) is 31.4. The van der Waals surface area contributed by atoms with Gasteiger partial charge in [-0.15, -0.1) is 0 Å². The van der Waals surface area contributed by atoms with Gasteiger partial charge in [0.1, 0.15) is 23.3 Å². The molecule has 0 radical (unpaired) electrons. The Morgan fingerprint density at radius 2 is 0.543 bits per heavy atom. The summed E-state index contributed by atoms with van der Waals surface area (Å²) in [4.78, 5) is 3.99. The Bertz CT molecular complexity index is 2070. The van der Waals surface area contributed by atoms with Gasteiger partial charge in [-0.05, 0) is 131 Å². The van der Waals surface area contributed by atoms with Crippen LogP contribution in [0.1, 0.15) is 0 Å². The van der Waals surface area contributed by atoms with Gasteiger partial charge >= 0.3 is 0 Å². The van der Waals surface area contributed by atoms with Gasteiger partial charge in [0.15, 0.2) is 0 Å². The molecule has 0 bridgehead atoms. The van der Waals surface area contributed by atoms with Gasteiger partial charge in [0, 0.05) is 33.5 Å². The minimum atomic E-state index is -0.349. The van der Waals surface area contributed by atoms with E-state index < -0.39 is 0 Å². The second kappa shape index (κ2) is 10.9. The van der Waals surface area contributed by atoms with Crippen molar-refractivity contribution in [3.05, 3.63) is 169 Å². The Labute approximate surface area is 262 Å². The number of benzene rings is 8. The zero-order valence-corrected chi connectivity index (χ0v) is 24.3. The molecular formula is C40H24F4N2. The van der Waals surface area contributed by atoms with Crippen molar-refractivity contribution in [1.82, 2.24) is 0 Å². The molecule has 0 spiro atoms. The summed E-state index contributed by atoms with van der Waals surface area (Å²) >= 11 is 0. The normalized spacial score (nSPS) is 11.5. The third kappa shape index (κ3) is 4.66. The monoisotopic (exact) mass is 608 g/mol. The summed E-state index contributed by atoms with van der Waals surface area (Å²) in [5.41, 5.74) is 4.59. The Hall–Kier alpha value is -5.88. The molecule has 46 heavy (non-hydrogen) atoms. The molecule has 0 unspecified atom stereocenters. The molecule has 0 saturated heterocycles. The minimum absolute atomic E-state index is 0.349. The summed E-state index contributed by atoms with van der Waals surface area (Å²) in [6, 6.07) is 41.4. The van der Waals surface area contributed by atoms with Crippen molar-refractivity contribution in [3.8, 4) is 0 Å². The Balaban J connectivity index is 1.40. The molecule has 8 aromatic carbocycles. The van der Waals surface area contributed by atoms with Gasteiger partial charge in [-0.2, -0.15) is 0 Å². The highest BCUT2D eigenvalue weighted by atomic mass is 19.1. The van der Waals surface area contributed by atoms with Gasteiger partial charge in [0.2, 0.25) is 0 Å². The molecule has 222 valence electrons. The third-order valence-corrected chi connectivity index (χ3v) is 8.44. The standard InChI is InChI=1S/C40H24F4N2/c41-27-5-13-31(14-6-27)45(32-15-7-28(42)8-16-32)37-24-4-26-2-22-36-38(23-3-25-1-21-35(37)40(26)39(25)36)46(33-17-9-29(43)10-18-33)34-19-11-30(44)12-20-34/h1-24H. The van der Waals surface area contributed by atoms with Crippen LogP contribution in [0.3, 0.4) is 0 Å². The topological polar surface area (TPSA) is 6.48 Å². The highest BCUT2D eigenvalue weighted by molar-refractivity contribution is 6.28. The van der Waals surface area contributed by atoms with Crippen LogP contribution < -0.4 is 9.80 Å². The van der Waals surface area contributed by atoms with Crippen molar-refractivity contribution in [2.45, 2.75) is 0 Å². The Morgan fingerprint density at radius 1 is 0.283 bits per heavy atom. The van der Waals surface area contributed by atoms with Gasteiger partial charge < -0.3 is 9.80 Å². The highest BCUT2D eigenvalue weighted by Gasteiger charge is 2.22. The van der Waals surface area contributed by atoms with Crippen LogP contribution in [-0.4, -0.2) is 0 Å².